The molecule has 1 aromatic rings. The molecular weight excluding hydrogens is 243 g/mol. The van der Waals surface area contributed by atoms with Crippen molar-refractivity contribution in [1.29, 1.82) is 0 Å². The Morgan fingerprint density at radius 1 is 1.32 bits per heavy atom. The lowest BCUT2D eigenvalue weighted by atomic mass is 10.1. The molecule has 0 bridgehead atoms. The zero-order chi connectivity index (χ0) is 14.0. The molecule has 1 aliphatic rings. The Balaban J connectivity index is 2.00. The fraction of sp³-hybridized carbons (Fsp3) is 0.533. The quantitative estimate of drug-likeness (QED) is 0.781. The summed E-state index contributed by atoms with van der Waals surface area (Å²) in [7, 11) is 2.11. The molecule has 0 N–H and O–H groups in total. The van der Waals surface area contributed by atoms with E-state index in [0.29, 0.717) is 24.2 Å². The number of likely N-dealkylation sites (N-methyl/N-ethyl adjacent to an activating group) is 1. The number of Topliss-reactive ketones (excluding diaryl/α,β-unsaturated/α-hetero) is 1. The first-order valence-corrected chi connectivity index (χ1v) is 6.70. The minimum absolute atomic E-state index is 0.0107. The number of nitrogens with zero attached hydrogens (tertiary/aromatic N) is 2. The highest BCUT2D eigenvalue weighted by atomic mass is 19.1. The van der Waals surface area contributed by atoms with Crippen LogP contribution in [0.2, 0.25) is 0 Å². The van der Waals surface area contributed by atoms with Crippen molar-refractivity contribution in [2.24, 2.45) is 0 Å². The van der Waals surface area contributed by atoms with Crippen LogP contribution in [0.5, 0.6) is 0 Å². The Bertz CT molecular complexity index is 451. The maximum absolute atomic E-state index is 13.1. The lowest BCUT2D eigenvalue weighted by molar-refractivity contribution is 0.0549. The molecule has 19 heavy (non-hydrogen) atoms. The number of benzene rings is 1. The molecule has 1 aliphatic heterocycles. The first kappa shape index (κ1) is 14.2. The van der Waals surface area contributed by atoms with Gasteiger partial charge in [-0.05, 0) is 33.0 Å². The van der Waals surface area contributed by atoms with Crippen molar-refractivity contribution in [2.75, 3.05) is 26.7 Å². The van der Waals surface area contributed by atoms with Gasteiger partial charge in [-0.3, -0.25) is 14.6 Å². The highest BCUT2D eigenvalue weighted by Gasteiger charge is 2.27. The molecule has 0 spiro atoms. The van der Waals surface area contributed by atoms with Crippen LogP contribution < -0.4 is 0 Å². The van der Waals surface area contributed by atoms with E-state index < -0.39 is 0 Å². The van der Waals surface area contributed by atoms with E-state index in [0.717, 1.165) is 13.1 Å². The molecule has 0 saturated carbocycles. The Kier molecular flexibility index (Phi) is 4.32. The summed E-state index contributed by atoms with van der Waals surface area (Å²) in [6, 6.07) is 6.79. The first-order valence-electron chi connectivity index (χ1n) is 6.70. The van der Waals surface area contributed by atoms with Gasteiger partial charge in [0, 0.05) is 30.7 Å². The van der Waals surface area contributed by atoms with Crippen LogP contribution in [0.1, 0.15) is 24.2 Å². The van der Waals surface area contributed by atoms with Gasteiger partial charge >= 0.3 is 0 Å². The number of carbonyl (C=O) groups excluding carboxylic acids is 1. The Hall–Kier alpha value is -1.26. The Morgan fingerprint density at radius 3 is 2.53 bits per heavy atom. The lowest BCUT2D eigenvalue weighted by Gasteiger charge is -2.42. The highest BCUT2D eigenvalue weighted by Crippen LogP contribution is 2.14. The van der Waals surface area contributed by atoms with Crippen molar-refractivity contribution in [3.63, 3.8) is 0 Å². The maximum Gasteiger partial charge on any atom is 0.176 e. The molecule has 0 aliphatic carbocycles. The second-order valence-electron chi connectivity index (χ2n) is 5.49. The molecular formula is C15H21FN2O. The van der Waals surface area contributed by atoms with E-state index in [4.69, 9.17) is 0 Å². The summed E-state index contributed by atoms with van der Waals surface area (Å²) >= 11 is 0. The van der Waals surface area contributed by atoms with Gasteiger partial charge in [0.05, 0.1) is 6.54 Å². The molecule has 4 heteroatoms. The van der Waals surface area contributed by atoms with Crippen molar-refractivity contribution in [3.8, 4) is 0 Å². The van der Waals surface area contributed by atoms with Crippen molar-refractivity contribution < 1.29 is 9.18 Å². The molecule has 0 amide bonds. The van der Waals surface area contributed by atoms with Gasteiger partial charge in [0.1, 0.15) is 5.82 Å². The normalized spacial score (nSPS) is 25.5. The van der Waals surface area contributed by atoms with Crippen LogP contribution in [0.4, 0.5) is 4.39 Å². The van der Waals surface area contributed by atoms with E-state index in [-0.39, 0.29) is 11.6 Å². The molecule has 0 radical (unpaired) electrons. The lowest BCUT2D eigenvalue weighted by Crippen LogP contribution is -2.55. The monoisotopic (exact) mass is 264 g/mol. The van der Waals surface area contributed by atoms with Crippen molar-refractivity contribution in [2.45, 2.75) is 25.9 Å². The fourth-order valence-electron chi connectivity index (χ4n) is 2.60. The van der Waals surface area contributed by atoms with Crippen LogP contribution in [-0.4, -0.2) is 54.3 Å². The van der Waals surface area contributed by atoms with Crippen molar-refractivity contribution >= 4 is 5.78 Å². The van der Waals surface area contributed by atoms with Gasteiger partial charge in [0.25, 0.3) is 0 Å². The number of hydrogen-bond donors (Lipinski definition) is 0. The SMILES string of the molecule is CC1CN(CC(=O)c2cccc(F)c2)CC(C)N1C. The Morgan fingerprint density at radius 2 is 1.95 bits per heavy atom. The van der Waals surface area contributed by atoms with Crippen LogP contribution in [0.15, 0.2) is 24.3 Å². The van der Waals surface area contributed by atoms with Gasteiger partial charge in [0.2, 0.25) is 0 Å². The number of hydrogen-bond acceptors (Lipinski definition) is 3. The molecule has 1 aromatic carbocycles. The molecule has 1 saturated heterocycles. The summed E-state index contributed by atoms with van der Waals surface area (Å²) in [6.07, 6.45) is 0. The first-order chi connectivity index (χ1) is 8.97. The molecule has 1 heterocycles. The number of rotatable bonds is 3. The average molecular weight is 264 g/mol. The average Bonchev–Trinajstić information content (AvgIpc) is 2.36. The molecule has 2 rings (SSSR count). The number of piperazine rings is 1. The fourth-order valence-corrected chi connectivity index (χ4v) is 2.60. The van der Waals surface area contributed by atoms with Crippen LogP contribution >= 0.6 is 0 Å². The molecule has 104 valence electrons. The van der Waals surface area contributed by atoms with E-state index in [1.54, 1.807) is 12.1 Å². The summed E-state index contributed by atoms with van der Waals surface area (Å²) < 4.78 is 13.1. The maximum atomic E-state index is 13.1. The third kappa shape index (κ3) is 3.39. The smallest absolute Gasteiger partial charge is 0.176 e. The molecule has 0 aromatic heterocycles. The number of carbonyl (C=O) groups is 1. The van der Waals surface area contributed by atoms with E-state index in [9.17, 15) is 9.18 Å². The predicted molar refractivity (Wildman–Crippen MR) is 73.9 cm³/mol. The van der Waals surface area contributed by atoms with Gasteiger partial charge in [0.15, 0.2) is 5.78 Å². The van der Waals surface area contributed by atoms with Gasteiger partial charge in [-0.25, -0.2) is 4.39 Å². The zero-order valence-electron chi connectivity index (χ0n) is 11.8. The summed E-state index contributed by atoms with van der Waals surface area (Å²) in [5.74, 6) is -0.366. The van der Waals surface area contributed by atoms with Crippen molar-refractivity contribution in [3.05, 3.63) is 35.6 Å². The second-order valence-corrected chi connectivity index (χ2v) is 5.49. The highest BCUT2D eigenvalue weighted by molar-refractivity contribution is 5.97. The minimum atomic E-state index is -0.356. The molecule has 3 nitrogen and oxygen atoms in total. The van der Waals surface area contributed by atoms with Gasteiger partial charge < -0.3 is 0 Å². The molecule has 1 fully saturated rings. The van der Waals surface area contributed by atoms with Gasteiger partial charge in [-0.15, -0.1) is 0 Å². The summed E-state index contributed by atoms with van der Waals surface area (Å²) in [6.45, 7) is 6.44. The van der Waals surface area contributed by atoms with Crippen LogP contribution in [0.25, 0.3) is 0 Å². The molecule has 2 atom stereocenters. The van der Waals surface area contributed by atoms with Crippen LogP contribution in [0.3, 0.4) is 0 Å². The van der Waals surface area contributed by atoms with Gasteiger partial charge in [-0.1, -0.05) is 12.1 Å². The third-order valence-electron chi connectivity index (χ3n) is 3.95. The topological polar surface area (TPSA) is 23.6 Å². The van der Waals surface area contributed by atoms with E-state index in [1.165, 1.54) is 12.1 Å². The van der Waals surface area contributed by atoms with Gasteiger partial charge in [-0.2, -0.15) is 0 Å². The van der Waals surface area contributed by atoms with Crippen LogP contribution in [-0.2, 0) is 0 Å². The van der Waals surface area contributed by atoms with E-state index in [1.807, 2.05) is 0 Å². The number of ketones is 1. The van der Waals surface area contributed by atoms with Crippen LogP contribution in [0, 0.1) is 5.82 Å². The summed E-state index contributed by atoms with van der Waals surface area (Å²) in [5.41, 5.74) is 0.458. The summed E-state index contributed by atoms with van der Waals surface area (Å²) in [5, 5.41) is 0. The van der Waals surface area contributed by atoms with Crippen molar-refractivity contribution in [1.82, 2.24) is 9.80 Å². The summed E-state index contributed by atoms with van der Waals surface area (Å²) in [4.78, 5) is 16.6. The van der Waals surface area contributed by atoms with E-state index >= 15 is 0 Å². The second kappa shape index (κ2) is 5.80. The van der Waals surface area contributed by atoms with E-state index in [2.05, 4.69) is 30.7 Å². The zero-order valence-corrected chi connectivity index (χ0v) is 11.8. The third-order valence-corrected chi connectivity index (χ3v) is 3.95. The number of halogens is 1. The molecule has 2 unspecified atom stereocenters. The standard InChI is InChI=1S/C15H21FN2O/c1-11-8-18(9-12(2)17(11)3)10-15(19)13-5-4-6-14(16)7-13/h4-7,11-12H,8-10H2,1-3H3. The largest absolute Gasteiger partial charge is 0.298 e. The predicted octanol–water partition coefficient (Wildman–Crippen LogP) is 2.03. The Labute approximate surface area is 114 Å². The minimum Gasteiger partial charge on any atom is -0.298 e.